The number of carbonyl (C=O) groups excluding carboxylic acids is 4. The molecule has 4 aliphatic rings. The van der Waals surface area contributed by atoms with Crippen LogP contribution in [0.3, 0.4) is 0 Å². The smallest absolute Gasteiger partial charge is 0.408 e. The number of nitrogens with one attached hydrogen (secondary N) is 3. The number of hydrogen-bond donors (Lipinski definition) is 7. The van der Waals surface area contributed by atoms with Crippen LogP contribution in [0.1, 0.15) is 164 Å². The summed E-state index contributed by atoms with van der Waals surface area (Å²) in [5.41, 5.74) is 4.20. The van der Waals surface area contributed by atoms with Crippen molar-refractivity contribution >= 4 is 30.5 Å². The molecule has 4 aromatic rings. The number of rotatable bonds is 27. The molecule has 546 valence electrons. The van der Waals surface area contributed by atoms with Crippen molar-refractivity contribution in [2.24, 2.45) is 29.4 Å². The van der Waals surface area contributed by atoms with Gasteiger partial charge in [0.15, 0.2) is 0 Å². The molecule has 4 saturated heterocycles. The number of unbranched alkanes of at least 4 members (excludes halogenated alkanes) is 4. The van der Waals surface area contributed by atoms with E-state index in [-0.39, 0.29) is 58.1 Å². The summed E-state index contributed by atoms with van der Waals surface area (Å²) in [6.45, 7) is 29.4. The monoisotopic (exact) mass is 1370 g/mol. The summed E-state index contributed by atoms with van der Waals surface area (Å²) >= 11 is 0. The lowest BCUT2D eigenvalue weighted by Crippen LogP contribution is -2.54. The summed E-state index contributed by atoms with van der Waals surface area (Å²) in [4.78, 5) is 60.6. The Morgan fingerprint density at radius 2 is 0.765 bits per heavy atom. The molecule has 0 spiro atoms. The Morgan fingerprint density at radius 3 is 1.13 bits per heavy atom. The van der Waals surface area contributed by atoms with Gasteiger partial charge in [0.25, 0.3) is 0 Å². The van der Waals surface area contributed by atoms with Gasteiger partial charge in [0.05, 0.1) is 109 Å². The number of nitrogens with two attached hydrogens (primary N) is 1. The van der Waals surface area contributed by atoms with E-state index in [1.54, 1.807) is 65.8 Å². The van der Waals surface area contributed by atoms with E-state index >= 15 is 0 Å². The van der Waals surface area contributed by atoms with Crippen molar-refractivity contribution in [3.05, 3.63) is 119 Å². The van der Waals surface area contributed by atoms with Crippen LogP contribution in [-0.2, 0) is 64.9 Å². The average Bonchev–Trinajstić information content (AvgIpc) is 1.57. The van der Waals surface area contributed by atoms with Crippen LogP contribution in [-0.4, -0.2) is 155 Å². The van der Waals surface area contributed by atoms with Crippen molar-refractivity contribution in [2.45, 2.75) is 180 Å². The van der Waals surface area contributed by atoms with Gasteiger partial charge in [0, 0.05) is 11.8 Å². The molecular weight excluding hydrogens is 1260 g/mol. The third-order valence-electron chi connectivity index (χ3n) is 16.8. The van der Waals surface area contributed by atoms with E-state index in [0.29, 0.717) is 51.0 Å². The van der Waals surface area contributed by atoms with Gasteiger partial charge in [-0.3, -0.25) is 4.79 Å². The molecule has 8 N–H and O–H groups in total. The Morgan fingerprint density at radius 1 is 0.459 bits per heavy atom. The summed E-state index contributed by atoms with van der Waals surface area (Å²) in [6, 6.07) is 29.9. The molecule has 4 aliphatic heterocycles. The van der Waals surface area contributed by atoms with E-state index in [9.17, 15) is 39.3 Å². The van der Waals surface area contributed by atoms with E-state index in [0.717, 1.165) is 98.2 Å². The standard InChI is InChI=1S/C20H29NO6.C20H31NO5.C20H29NO5.C15H23NO3/c1-5-6-11-26-15-9-7-14(8-10-15)20(13-25-12-16(20)17(22)23)21-18(24)27-19(2,3)4;2*1-5-6-11-25-17-9-7-15(8-10-17)20(14-24-13-16(20)12-22)21-18(23)26-19(2,3)4;1-2-3-8-19-14-6-4-12(5-7-14)15(16)11-18-10-13(15)9-17/h7-10,16H,5-6,11-13H2,1-4H3,(H,21,24)(H,22,23);7-10,16,22H,5-6,11-14H2,1-4H3,(H,21,23);7-10,12,16H,5-6,11,13-14H2,1-4H3,(H,21,23);4-7,13,17H,2-3,8-11,16H2,1H3/t3*16?,20-;13?,15-/m1111/s1. The second-order valence-electron chi connectivity index (χ2n) is 28.2. The molecule has 8 atom stereocenters. The number of aliphatic hydroxyl groups is 2. The molecule has 4 heterocycles. The number of benzene rings is 4. The van der Waals surface area contributed by atoms with E-state index in [2.05, 4.69) is 43.6 Å². The maximum atomic E-state index is 12.4. The average molecular weight is 1370 g/mol. The number of alkyl carbamates (subject to hydrolysis) is 3. The molecule has 8 rings (SSSR count). The lowest BCUT2D eigenvalue weighted by molar-refractivity contribution is -0.143. The molecule has 4 aromatic carbocycles. The Bertz CT molecular complexity index is 3040. The third kappa shape index (κ3) is 24.0. The summed E-state index contributed by atoms with van der Waals surface area (Å²) in [6.07, 6.45) is 7.39. The van der Waals surface area contributed by atoms with E-state index < -0.39 is 75.0 Å². The third-order valence-corrected chi connectivity index (χ3v) is 16.8. The Kier molecular flexibility index (Phi) is 31.9. The molecule has 23 heteroatoms. The van der Waals surface area contributed by atoms with Gasteiger partial charge < -0.3 is 93.9 Å². The topological polar surface area (TPSA) is 310 Å². The molecule has 4 fully saturated rings. The predicted molar refractivity (Wildman–Crippen MR) is 371 cm³/mol. The fourth-order valence-corrected chi connectivity index (χ4v) is 11.3. The minimum atomic E-state index is -1.20. The number of carbonyl (C=O) groups is 5. The van der Waals surface area contributed by atoms with Gasteiger partial charge in [-0.2, -0.15) is 0 Å². The van der Waals surface area contributed by atoms with Crippen LogP contribution in [0.15, 0.2) is 97.1 Å². The first-order valence-corrected chi connectivity index (χ1v) is 34.5. The molecule has 0 radical (unpaired) electrons. The molecule has 0 aliphatic carbocycles. The minimum absolute atomic E-state index is 0.0138. The van der Waals surface area contributed by atoms with E-state index in [1.807, 2.05) is 93.6 Å². The van der Waals surface area contributed by atoms with Gasteiger partial charge in [-0.15, -0.1) is 0 Å². The molecule has 0 saturated carbocycles. The zero-order chi connectivity index (χ0) is 72.2. The molecule has 3 amide bonds. The maximum Gasteiger partial charge on any atom is 0.408 e. The second kappa shape index (κ2) is 38.4. The lowest BCUT2D eigenvalue weighted by Gasteiger charge is -2.35. The first kappa shape index (κ1) is 81.4. The van der Waals surface area contributed by atoms with Crippen LogP contribution in [0.25, 0.3) is 0 Å². The van der Waals surface area contributed by atoms with Crippen LogP contribution in [0, 0.1) is 23.7 Å². The number of hydrogen-bond acceptors (Lipinski definition) is 19. The van der Waals surface area contributed by atoms with Crippen LogP contribution >= 0.6 is 0 Å². The number of aldehydes is 1. The van der Waals surface area contributed by atoms with Crippen molar-refractivity contribution in [3.63, 3.8) is 0 Å². The van der Waals surface area contributed by atoms with Crippen LogP contribution < -0.4 is 40.6 Å². The Labute approximate surface area is 580 Å². The number of aliphatic carboxylic acids is 1. The summed E-state index contributed by atoms with van der Waals surface area (Å²) < 4.78 is 60.8. The Hall–Kier alpha value is -7.25. The van der Waals surface area contributed by atoms with Crippen molar-refractivity contribution < 1.29 is 91.4 Å². The highest BCUT2D eigenvalue weighted by Gasteiger charge is 2.52. The summed E-state index contributed by atoms with van der Waals surface area (Å²) in [5, 5.41) is 37.4. The van der Waals surface area contributed by atoms with Gasteiger partial charge >= 0.3 is 24.2 Å². The minimum Gasteiger partial charge on any atom is -0.494 e. The fraction of sp³-hybridized carbons (Fsp3) is 0.613. The predicted octanol–water partition coefficient (Wildman–Crippen LogP) is 11.6. The first-order valence-electron chi connectivity index (χ1n) is 34.5. The van der Waals surface area contributed by atoms with Crippen molar-refractivity contribution in [2.75, 3.05) is 92.5 Å². The lowest BCUT2D eigenvalue weighted by atomic mass is 9.80. The quantitative estimate of drug-likeness (QED) is 0.0166. The molecule has 0 bridgehead atoms. The van der Waals surface area contributed by atoms with Crippen LogP contribution in [0.2, 0.25) is 0 Å². The number of aliphatic hydroxyl groups excluding tert-OH is 2. The Balaban J connectivity index is 0.000000238. The van der Waals surface area contributed by atoms with Gasteiger partial charge in [-0.25, -0.2) is 14.4 Å². The zero-order valence-corrected chi connectivity index (χ0v) is 60.1. The number of carboxylic acid groups (broad SMARTS) is 1. The molecule has 0 aromatic heterocycles. The summed E-state index contributed by atoms with van der Waals surface area (Å²) in [7, 11) is 0. The molecule has 23 nitrogen and oxygen atoms in total. The zero-order valence-electron chi connectivity index (χ0n) is 60.1. The number of carboxylic acids is 1. The normalized spacial score (nSPS) is 23.4. The van der Waals surface area contributed by atoms with Crippen LogP contribution in [0.4, 0.5) is 14.4 Å². The van der Waals surface area contributed by atoms with E-state index in [1.165, 1.54) is 0 Å². The van der Waals surface area contributed by atoms with Gasteiger partial charge in [-0.05, 0) is 159 Å². The van der Waals surface area contributed by atoms with E-state index in [4.69, 9.17) is 57.8 Å². The van der Waals surface area contributed by atoms with Gasteiger partial charge in [0.2, 0.25) is 0 Å². The molecule has 98 heavy (non-hydrogen) atoms. The maximum absolute atomic E-state index is 12.4. The van der Waals surface area contributed by atoms with Gasteiger partial charge in [-0.1, -0.05) is 102 Å². The largest absolute Gasteiger partial charge is 0.494 e. The van der Waals surface area contributed by atoms with Crippen LogP contribution in [0.5, 0.6) is 23.0 Å². The highest BCUT2D eigenvalue weighted by atomic mass is 16.6. The summed E-state index contributed by atoms with van der Waals surface area (Å²) in [5.74, 6) is 0.378. The fourth-order valence-electron chi connectivity index (χ4n) is 11.3. The highest BCUT2D eigenvalue weighted by Crippen LogP contribution is 2.40. The van der Waals surface area contributed by atoms with Crippen molar-refractivity contribution in [3.8, 4) is 23.0 Å². The first-order chi connectivity index (χ1) is 46.5. The second-order valence-corrected chi connectivity index (χ2v) is 28.2. The highest BCUT2D eigenvalue weighted by molar-refractivity contribution is 5.77. The van der Waals surface area contributed by atoms with Crippen molar-refractivity contribution in [1.82, 2.24) is 16.0 Å². The van der Waals surface area contributed by atoms with Gasteiger partial charge in [0.1, 0.15) is 63.1 Å². The molecular formula is C75H112N4O19. The SMILES string of the molecule is CCCCOc1ccc([C@]2(N)COCC2CO)cc1.CCCCOc1ccc([C@]2(NC(=O)OC(C)(C)C)COCC2C(=O)O)cc1.CCCCOc1ccc([C@]2(NC(=O)OC(C)(C)C)COCC2C=O)cc1.CCCCOc1ccc([C@]2(NC(=O)OC(C)(C)C)COCC2CO)cc1. The number of ether oxygens (including phenoxy) is 11. The molecule has 4 unspecified atom stereocenters. The number of amides is 3. The van der Waals surface area contributed by atoms with Crippen molar-refractivity contribution in [1.29, 1.82) is 0 Å².